The number of nitrogens with one attached hydrogen (secondary N) is 3. The van der Waals surface area contributed by atoms with Gasteiger partial charge in [-0.05, 0) is 12.8 Å². The van der Waals surface area contributed by atoms with E-state index in [9.17, 15) is 14.4 Å². The number of amides is 2. The minimum absolute atomic E-state index is 0.0640. The zero-order valence-corrected chi connectivity index (χ0v) is 14.9. The summed E-state index contributed by atoms with van der Waals surface area (Å²) in [6, 6.07) is 0.440. The highest BCUT2D eigenvalue weighted by Crippen LogP contribution is 2.33. The molecule has 3 rings (SSSR count). The van der Waals surface area contributed by atoms with Gasteiger partial charge >= 0.3 is 17.7 Å². The predicted octanol–water partition coefficient (Wildman–Crippen LogP) is -0.359. The molecule has 2 aliphatic heterocycles. The van der Waals surface area contributed by atoms with Gasteiger partial charge in [0, 0.05) is 29.2 Å². The third kappa shape index (κ3) is 5.63. The minimum atomic E-state index is -0.729. The number of aliphatic hydroxyl groups is 1. The SMILES string of the molecule is Nc1[nH]c(=O)ncc1CO.O=C(O)CCCC[C@@H]1SC[C@@H]2NC(=O)N[C@@H]21. The molecular formula is C15H23N5O5S. The smallest absolute Gasteiger partial charge is 0.346 e. The van der Waals surface area contributed by atoms with Crippen molar-refractivity contribution in [2.45, 2.75) is 49.6 Å². The number of carbonyl (C=O) groups is 2. The maximum atomic E-state index is 11.1. The molecule has 0 unspecified atom stereocenters. The van der Waals surface area contributed by atoms with Crippen molar-refractivity contribution in [3.63, 3.8) is 0 Å². The van der Waals surface area contributed by atoms with E-state index < -0.39 is 11.7 Å². The van der Waals surface area contributed by atoms with E-state index in [1.54, 1.807) is 0 Å². The first-order valence-electron chi connectivity index (χ1n) is 8.25. The maximum Gasteiger partial charge on any atom is 0.346 e. The van der Waals surface area contributed by atoms with Crippen LogP contribution in [0.4, 0.5) is 10.6 Å². The Balaban J connectivity index is 0.000000209. The van der Waals surface area contributed by atoms with Gasteiger partial charge in [0.2, 0.25) is 0 Å². The number of hydrogen-bond acceptors (Lipinski definition) is 7. The molecule has 0 aromatic carbocycles. The molecule has 2 saturated heterocycles. The number of aliphatic carboxylic acids is 1. The monoisotopic (exact) mass is 385 g/mol. The van der Waals surface area contributed by atoms with Crippen LogP contribution in [0.1, 0.15) is 31.2 Å². The van der Waals surface area contributed by atoms with Crippen molar-refractivity contribution in [2.24, 2.45) is 0 Å². The molecule has 144 valence electrons. The number of aromatic nitrogens is 2. The molecule has 0 radical (unpaired) electrons. The predicted molar refractivity (Wildman–Crippen MR) is 96.8 cm³/mol. The van der Waals surface area contributed by atoms with Gasteiger partial charge in [-0.15, -0.1) is 0 Å². The average molecular weight is 385 g/mol. The van der Waals surface area contributed by atoms with Gasteiger partial charge in [0.15, 0.2) is 0 Å². The van der Waals surface area contributed by atoms with Gasteiger partial charge in [0.1, 0.15) is 5.82 Å². The van der Waals surface area contributed by atoms with E-state index in [1.165, 1.54) is 6.20 Å². The van der Waals surface area contributed by atoms with Crippen LogP contribution in [0, 0.1) is 0 Å². The lowest BCUT2D eigenvalue weighted by atomic mass is 10.0. The number of rotatable bonds is 6. The second kappa shape index (κ2) is 9.43. The zero-order chi connectivity index (χ0) is 19.1. The van der Waals surface area contributed by atoms with Crippen molar-refractivity contribution < 1.29 is 19.8 Å². The molecule has 10 nitrogen and oxygen atoms in total. The highest BCUT2D eigenvalue weighted by molar-refractivity contribution is 8.00. The summed E-state index contributed by atoms with van der Waals surface area (Å²) in [6.45, 7) is -0.213. The summed E-state index contributed by atoms with van der Waals surface area (Å²) in [5.41, 5.74) is 5.20. The summed E-state index contributed by atoms with van der Waals surface area (Å²) < 4.78 is 0. The molecule has 3 heterocycles. The van der Waals surface area contributed by atoms with Crippen LogP contribution in [0.5, 0.6) is 0 Å². The van der Waals surface area contributed by atoms with E-state index in [-0.39, 0.29) is 37.0 Å². The molecule has 0 aliphatic carbocycles. The van der Waals surface area contributed by atoms with Crippen LogP contribution < -0.4 is 22.1 Å². The summed E-state index contributed by atoms with van der Waals surface area (Å²) in [7, 11) is 0. The van der Waals surface area contributed by atoms with Crippen LogP contribution >= 0.6 is 11.8 Å². The molecule has 0 bridgehead atoms. The Morgan fingerprint density at radius 1 is 1.35 bits per heavy atom. The van der Waals surface area contributed by atoms with E-state index in [0.717, 1.165) is 25.0 Å². The van der Waals surface area contributed by atoms with Crippen LogP contribution in [0.15, 0.2) is 11.0 Å². The number of thioether (sulfide) groups is 1. The van der Waals surface area contributed by atoms with Crippen molar-refractivity contribution in [2.75, 3.05) is 11.5 Å². The number of carboxylic acids is 1. The lowest BCUT2D eigenvalue weighted by molar-refractivity contribution is -0.137. The number of anilines is 1. The number of aliphatic hydroxyl groups excluding tert-OH is 1. The van der Waals surface area contributed by atoms with Crippen LogP contribution in [-0.4, -0.2) is 55.3 Å². The molecule has 0 saturated carbocycles. The fraction of sp³-hybridized carbons (Fsp3) is 0.600. The lowest BCUT2D eigenvalue weighted by Crippen LogP contribution is -2.36. The highest BCUT2D eigenvalue weighted by Gasteiger charge is 2.42. The molecule has 2 aliphatic rings. The number of nitrogen functional groups attached to an aromatic ring is 1. The number of carbonyl (C=O) groups excluding carboxylic acids is 1. The number of nitrogens with zero attached hydrogens (tertiary/aromatic N) is 1. The van der Waals surface area contributed by atoms with E-state index in [1.807, 2.05) is 11.8 Å². The Morgan fingerprint density at radius 3 is 2.77 bits per heavy atom. The second-order valence-corrected chi connectivity index (χ2v) is 7.32. The molecule has 1 aromatic rings. The van der Waals surface area contributed by atoms with Gasteiger partial charge in [0.25, 0.3) is 0 Å². The van der Waals surface area contributed by atoms with Crippen LogP contribution in [0.25, 0.3) is 0 Å². The summed E-state index contributed by atoms with van der Waals surface area (Å²) in [5.74, 6) is 0.405. The number of hydrogen-bond donors (Lipinski definition) is 6. The molecule has 3 atom stereocenters. The van der Waals surface area contributed by atoms with Crippen LogP contribution in [-0.2, 0) is 11.4 Å². The number of urea groups is 1. The minimum Gasteiger partial charge on any atom is -0.481 e. The highest BCUT2D eigenvalue weighted by atomic mass is 32.2. The van der Waals surface area contributed by atoms with E-state index >= 15 is 0 Å². The topological polar surface area (TPSA) is 170 Å². The lowest BCUT2D eigenvalue weighted by Gasteiger charge is -2.16. The van der Waals surface area contributed by atoms with Crippen molar-refractivity contribution in [3.8, 4) is 0 Å². The van der Waals surface area contributed by atoms with Gasteiger partial charge in [-0.2, -0.15) is 11.8 Å². The molecule has 1 aromatic heterocycles. The van der Waals surface area contributed by atoms with Crippen molar-refractivity contribution in [3.05, 3.63) is 22.2 Å². The molecule has 7 N–H and O–H groups in total. The van der Waals surface area contributed by atoms with Crippen molar-refractivity contribution >= 4 is 29.6 Å². The number of H-pyrrole nitrogens is 1. The van der Waals surface area contributed by atoms with Gasteiger partial charge in [-0.25, -0.2) is 14.6 Å². The Morgan fingerprint density at radius 2 is 2.12 bits per heavy atom. The fourth-order valence-electron chi connectivity index (χ4n) is 2.82. The average Bonchev–Trinajstić information content (AvgIpc) is 3.12. The second-order valence-electron chi connectivity index (χ2n) is 6.05. The summed E-state index contributed by atoms with van der Waals surface area (Å²) >= 11 is 1.87. The van der Waals surface area contributed by atoms with Gasteiger partial charge in [0.05, 0.1) is 18.7 Å². The molecular weight excluding hydrogens is 362 g/mol. The third-order valence-electron chi connectivity index (χ3n) is 4.16. The number of fused-ring (bicyclic) bond motifs is 1. The maximum absolute atomic E-state index is 11.1. The van der Waals surface area contributed by atoms with Crippen molar-refractivity contribution in [1.29, 1.82) is 0 Å². The van der Waals surface area contributed by atoms with Crippen LogP contribution in [0.2, 0.25) is 0 Å². The Bertz CT molecular complexity index is 697. The summed E-state index contributed by atoms with van der Waals surface area (Å²) in [6.07, 6.45) is 4.12. The molecule has 2 amide bonds. The number of nitrogens with two attached hydrogens (primary N) is 1. The standard InChI is InChI=1S/C10H16N2O3S.C5H7N3O2/c13-8(14)4-2-1-3-7-9-6(5-16-7)11-10(15)12-9;6-4-3(2-9)1-7-5(10)8-4/h6-7,9H,1-5H2,(H,13,14)(H2,11,12,15);1,9H,2H2,(H3,6,7,8,10)/t6-,7-,9-;/m0./s1. The van der Waals surface area contributed by atoms with Gasteiger partial charge in [-0.3, -0.25) is 9.78 Å². The normalized spacial score (nSPS) is 23.4. The fourth-order valence-corrected chi connectivity index (χ4v) is 4.37. The molecule has 0 spiro atoms. The van der Waals surface area contributed by atoms with Crippen LogP contribution in [0.3, 0.4) is 0 Å². The molecule has 2 fully saturated rings. The zero-order valence-electron chi connectivity index (χ0n) is 14.1. The van der Waals surface area contributed by atoms with Gasteiger partial charge < -0.3 is 26.6 Å². The Labute approximate surface area is 154 Å². The quantitative estimate of drug-likeness (QED) is 0.285. The summed E-state index contributed by atoms with van der Waals surface area (Å²) in [4.78, 5) is 37.5. The largest absolute Gasteiger partial charge is 0.481 e. The van der Waals surface area contributed by atoms with Crippen molar-refractivity contribution in [1.82, 2.24) is 20.6 Å². The first-order chi connectivity index (χ1) is 12.4. The third-order valence-corrected chi connectivity index (χ3v) is 5.67. The first kappa shape index (κ1) is 20.0. The Hall–Kier alpha value is -2.27. The molecule has 26 heavy (non-hydrogen) atoms. The van der Waals surface area contributed by atoms with Gasteiger partial charge in [-0.1, -0.05) is 6.42 Å². The summed E-state index contributed by atoms with van der Waals surface area (Å²) in [5, 5.41) is 23.3. The Kier molecular flexibility index (Phi) is 7.27. The molecule has 11 heteroatoms. The van der Waals surface area contributed by atoms with E-state index in [0.29, 0.717) is 10.8 Å². The number of aromatic amines is 1. The number of unbranched alkanes of at least 4 members (excludes halogenated alkanes) is 1. The first-order valence-corrected chi connectivity index (χ1v) is 9.30. The van der Waals surface area contributed by atoms with E-state index in [4.69, 9.17) is 15.9 Å². The van der Waals surface area contributed by atoms with E-state index in [2.05, 4.69) is 20.6 Å². The number of carboxylic acid groups (broad SMARTS) is 1.